The van der Waals surface area contributed by atoms with E-state index in [0.717, 1.165) is 11.1 Å². The number of methoxy groups -OCH3 is 1. The van der Waals surface area contributed by atoms with Gasteiger partial charge >= 0.3 is 0 Å². The third-order valence-electron chi connectivity index (χ3n) is 3.85. The highest BCUT2D eigenvalue weighted by atomic mass is 35.5. The maximum Gasteiger partial charge on any atom is 0.248 e. The zero-order chi connectivity index (χ0) is 18.5. The van der Waals surface area contributed by atoms with Crippen LogP contribution in [0.15, 0.2) is 65.1 Å². The van der Waals surface area contributed by atoms with E-state index in [2.05, 4.69) is 5.32 Å². The van der Waals surface area contributed by atoms with Crippen LogP contribution in [-0.4, -0.2) is 13.0 Å². The number of rotatable bonds is 5. The zero-order valence-electron chi connectivity index (χ0n) is 14.5. The smallest absolute Gasteiger partial charge is 0.248 e. The van der Waals surface area contributed by atoms with Gasteiger partial charge in [-0.15, -0.1) is 0 Å². The van der Waals surface area contributed by atoms with Gasteiger partial charge in [-0.3, -0.25) is 4.79 Å². The van der Waals surface area contributed by atoms with E-state index in [1.165, 1.54) is 6.08 Å². The lowest BCUT2D eigenvalue weighted by molar-refractivity contribution is -0.111. The van der Waals surface area contributed by atoms with Gasteiger partial charge in [-0.25, -0.2) is 0 Å². The van der Waals surface area contributed by atoms with Crippen LogP contribution >= 0.6 is 11.6 Å². The summed E-state index contributed by atoms with van der Waals surface area (Å²) < 4.78 is 11.0. The average Bonchev–Trinajstić information content (AvgIpc) is 3.12. The highest BCUT2D eigenvalue weighted by Crippen LogP contribution is 2.27. The number of aryl methyl sites for hydroxylation is 1. The van der Waals surface area contributed by atoms with E-state index < -0.39 is 0 Å². The van der Waals surface area contributed by atoms with Crippen molar-refractivity contribution in [2.45, 2.75) is 6.92 Å². The third kappa shape index (κ3) is 4.16. The van der Waals surface area contributed by atoms with Crippen molar-refractivity contribution >= 4 is 29.3 Å². The van der Waals surface area contributed by atoms with Crippen LogP contribution in [0.2, 0.25) is 5.02 Å². The number of carbonyl (C=O) groups is 1. The van der Waals surface area contributed by atoms with Crippen LogP contribution in [0, 0.1) is 6.92 Å². The van der Waals surface area contributed by atoms with E-state index in [1.54, 1.807) is 31.4 Å². The topological polar surface area (TPSA) is 51.5 Å². The van der Waals surface area contributed by atoms with Crippen LogP contribution in [0.5, 0.6) is 5.75 Å². The SMILES string of the molecule is COc1ccccc1NC(=O)C=Cc1ccc(-c2ccc(C)c(Cl)c2)o1. The normalized spacial score (nSPS) is 10.9. The predicted molar refractivity (Wildman–Crippen MR) is 105 cm³/mol. The molecule has 3 aromatic rings. The molecule has 0 saturated carbocycles. The molecule has 0 bridgehead atoms. The summed E-state index contributed by atoms with van der Waals surface area (Å²) >= 11 is 6.16. The third-order valence-corrected chi connectivity index (χ3v) is 4.25. The van der Waals surface area contributed by atoms with E-state index in [-0.39, 0.29) is 5.91 Å². The molecular formula is C21H18ClNO3. The number of benzene rings is 2. The second kappa shape index (κ2) is 7.93. The van der Waals surface area contributed by atoms with Crippen molar-refractivity contribution in [1.29, 1.82) is 0 Å². The molecule has 0 aliphatic rings. The second-order valence-corrected chi connectivity index (χ2v) is 6.10. The summed E-state index contributed by atoms with van der Waals surface area (Å²) in [6.07, 6.45) is 3.03. The molecule has 1 heterocycles. The Hall–Kier alpha value is -2.98. The molecule has 0 atom stereocenters. The number of hydrogen-bond donors (Lipinski definition) is 1. The monoisotopic (exact) mass is 367 g/mol. The molecule has 0 fully saturated rings. The van der Waals surface area contributed by atoms with Crippen molar-refractivity contribution in [2.75, 3.05) is 12.4 Å². The van der Waals surface area contributed by atoms with Gasteiger partial charge in [-0.05, 0) is 48.9 Å². The van der Waals surface area contributed by atoms with Gasteiger partial charge in [0.1, 0.15) is 17.3 Å². The molecule has 4 nitrogen and oxygen atoms in total. The maximum atomic E-state index is 12.1. The molecule has 0 aliphatic heterocycles. The van der Waals surface area contributed by atoms with Crippen molar-refractivity contribution in [3.8, 4) is 17.1 Å². The van der Waals surface area contributed by atoms with Gasteiger partial charge in [-0.1, -0.05) is 35.9 Å². The summed E-state index contributed by atoms with van der Waals surface area (Å²) in [5.41, 5.74) is 2.51. The summed E-state index contributed by atoms with van der Waals surface area (Å²) in [6.45, 7) is 1.95. The van der Waals surface area contributed by atoms with Gasteiger partial charge < -0.3 is 14.5 Å². The molecule has 3 rings (SSSR count). The van der Waals surface area contributed by atoms with Gasteiger partial charge in [0, 0.05) is 16.7 Å². The van der Waals surface area contributed by atoms with Gasteiger partial charge in [0.2, 0.25) is 5.91 Å². The molecule has 132 valence electrons. The number of anilines is 1. The summed E-state index contributed by atoms with van der Waals surface area (Å²) in [6, 6.07) is 16.6. The second-order valence-electron chi connectivity index (χ2n) is 5.69. The number of amides is 1. The highest BCUT2D eigenvalue weighted by molar-refractivity contribution is 6.31. The minimum Gasteiger partial charge on any atom is -0.495 e. The van der Waals surface area contributed by atoms with Gasteiger partial charge in [0.15, 0.2) is 0 Å². The first kappa shape index (κ1) is 17.8. The number of ether oxygens (including phenoxy) is 1. The number of para-hydroxylation sites is 2. The predicted octanol–water partition coefficient (Wildman–Crippen LogP) is 5.57. The lowest BCUT2D eigenvalue weighted by atomic mass is 10.1. The standard InChI is InChI=1S/C21H18ClNO3/c1-14-7-8-15(13-17(14)22)19-11-9-16(26-19)10-12-21(24)23-18-5-3-4-6-20(18)25-2/h3-13H,1-2H3,(H,23,24). The molecule has 1 N–H and O–H groups in total. The van der Waals surface area contributed by atoms with Crippen LogP contribution < -0.4 is 10.1 Å². The fraction of sp³-hybridized carbons (Fsp3) is 0.0952. The van der Waals surface area contributed by atoms with Crippen molar-refractivity contribution in [2.24, 2.45) is 0 Å². The lowest BCUT2D eigenvalue weighted by Crippen LogP contribution is -2.08. The van der Waals surface area contributed by atoms with Crippen LogP contribution in [0.1, 0.15) is 11.3 Å². The minimum absolute atomic E-state index is 0.272. The molecule has 0 spiro atoms. The van der Waals surface area contributed by atoms with Crippen molar-refractivity contribution < 1.29 is 13.9 Å². The molecule has 2 aromatic carbocycles. The summed E-state index contributed by atoms with van der Waals surface area (Å²) in [5.74, 6) is 1.60. The molecule has 1 aromatic heterocycles. The first-order valence-corrected chi connectivity index (χ1v) is 8.43. The van der Waals surface area contributed by atoms with Crippen LogP contribution in [-0.2, 0) is 4.79 Å². The molecular weight excluding hydrogens is 350 g/mol. The fourth-order valence-corrected chi connectivity index (χ4v) is 2.60. The van der Waals surface area contributed by atoms with E-state index >= 15 is 0 Å². The van der Waals surface area contributed by atoms with Crippen molar-refractivity contribution in [3.63, 3.8) is 0 Å². The zero-order valence-corrected chi connectivity index (χ0v) is 15.2. The highest BCUT2D eigenvalue weighted by Gasteiger charge is 2.07. The van der Waals surface area contributed by atoms with Crippen LogP contribution in [0.25, 0.3) is 17.4 Å². The average molecular weight is 368 g/mol. The largest absolute Gasteiger partial charge is 0.495 e. The molecule has 1 amide bonds. The molecule has 0 radical (unpaired) electrons. The molecule has 0 unspecified atom stereocenters. The van der Waals surface area contributed by atoms with E-state index in [1.807, 2.05) is 43.3 Å². The van der Waals surface area contributed by atoms with E-state index in [0.29, 0.717) is 28.0 Å². The molecule has 0 aliphatic carbocycles. The number of halogens is 1. The molecule has 5 heteroatoms. The number of carbonyl (C=O) groups excluding carboxylic acids is 1. The van der Waals surface area contributed by atoms with Gasteiger partial charge in [0.25, 0.3) is 0 Å². The fourth-order valence-electron chi connectivity index (χ4n) is 2.42. The van der Waals surface area contributed by atoms with Crippen LogP contribution in [0.3, 0.4) is 0 Å². The quantitative estimate of drug-likeness (QED) is 0.600. The maximum absolute atomic E-state index is 12.1. The lowest BCUT2D eigenvalue weighted by Gasteiger charge is -2.07. The Morgan fingerprint density at radius 1 is 1.15 bits per heavy atom. The van der Waals surface area contributed by atoms with E-state index in [9.17, 15) is 4.79 Å². The Bertz CT molecular complexity index is 959. The Kier molecular flexibility index (Phi) is 5.44. The number of furan rings is 1. The number of nitrogens with one attached hydrogen (secondary N) is 1. The molecule has 26 heavy (non-hydrogen) atoms. The first-order chi connectivity index (χ1) is 12.6. The van der Waals surface area contributed by atoms with Crippen molar-refractivity contribution in [1.82, 2.24) is 0 Å². The minimum atomic E-state index is -0.272. The van der Waals surface area contributed by atoms with E-state index in [4.69, 9.17) is 20.8 Å². The van der Waals surface area contributed by atoms with Gasteiger partial charge in [0.05, 0.1) is 12.8 Å². The van der Waals surface area contributed by atoms with Gasteiger partial charge in [-0.2, -0.15) is 0 Å². The Morgan fingerprint density at radius 2 is 1.96 bits per heavy atom. The Morgan fingerprint density at radius 3 is 2.73 bits per heavy atom. The first-order valence-electron chi connectivity index (χ1n) is 8.05. The molecule has 0 saturated heterocycles. The number of hydrogen-bond acceptors (Lipinski definition) is 3. The summed E-state index contributed by atoms with van der Waals surface area (Å²) in [4.78, 5) is 12.1. The summed E-state index contributed by atoms with van der Waals surface area (Å²) in [7, 11) is 1.56. The Balaban J connectivity index is 1.70. The Labute approximate surface area is 157 Å². The van der Waals surface area contributed by atoms with Crippen molar-refractivity contribution in [3.05, 3.63) is 77.0 Å². The van der Waals surface area contributed by atoms with Crippen LogP contribution in [0.4, 0.5) is 5.69 Å². The summed E-state index contributed by atoms with van der Waals surface area (Å²) in [5, 5.41) is 3.46.